The highest BCUT2D eigenvalue weighted by Crippen LogP contribution is 2.20. The van der Waals surface area contributed by atoms with Gasteiger partial charge < -0.3 is 9.73 Å². The highest BCUT2D eigenvalue weighted by Gasteiger charge is 2.07. The minimum absolute atomic E-state index is 0.389. The molecule has 0 radical (unpaired) electrons. The molecular weight excluding hydrogens is 282 g/mol. The molecule has 3 rings (SSSR count). The number of benzene rings is 2. The molecule has 1 N–H and O–H groups in total. The first-order valence-corrected chi connectivity index (χ1v) is 7.53. The molecule has 21 heavy (non-hydrogen) atoms. The number of hydrogen-bond donors (Lipinski definition) is 1. The fourth-order valence-electron chi connectivity index (χ4n) is 2.50. The second-order valence-electron chi connectivity index (χ2n) is 5.37. The van der Waals surface area contributed by atoms with E-state index in [1.165, 1.54) is 16.5 Å². The molecule has 3 heteroatoms. The van der Waals surface area contributed by atoms with E-state index in [1.807, 2.05) is 36.6 Å². The normalized spacial score (nSPS) is 12.7. The van der Waals surface area contributed by atoms with Gasteiger partial charge in [-0.15, -0.1) is 0 Å². The van der Waals surface area contributed by atoms with E-state index in [2.05, 4.69) is 30.4 Å². The van der Waals surface area contributed by atoms with Crippen LogP contribution in [0.1, 0.15) is 18.1 Å². The highest BCUT2D eigenvalue weighted by molar-refractivity contribution is 6.30. The number of halogens is 1. The summed E-state index contributed by atoms with van der Waals surface area (Å²) < 4.78 is 5.56. The van der Waals surface area contributed by atoms with Gasteiger partial charge in [0.05, 0.1) is 6.26 Å². The highest BCUT2D eigenvalue weighted by atomic mass is 35.5. The number of nitrogens with one attached hydrogen (secondary N) is 1. The summed E-state index contributed by atoms with van der Waals surface area (Å²) in [7, 11) is 0. The largest absolute Gasteiger partial charge is 0.464 e. The number of rotatable bonds is 5. The van der Waals surface area contributed by atoms with Crippen LogP contribution in [-0.2, 0) is 13.0 Å². The molecule has 0 aliphatic carbocycles. The van der Waals surface area contributed by atoms with Crippen LogP contribution in [0.5, 0.6) is 0 Å². The summed E-state index contributed by atoms with van der Waals surface area (Å²) in [5.74, 6) is 0. The van der Waals surface area contributed by atoms with E-state index in [0.29, 0.717) is 6.04 Å². The van der Waals surface area contributed by atoms with Gasteiger partial charge in [0.1, 0.15) is 5.58 Å². The van der Waals surface area contributed by atoms with E-state index in [9.17, 15) is 0 Å². The van der Waals surface area contributed by atoms with Crippen LogP contribution in [0.4, 0.5) is 0 Å². The maximum absolute atomic E-state index is 5.91. The molecule has 0 bridgehead atoms. The second-order valence-corrected chi connectivity index (χ2v) is 5.81. The summed E-state index contributed by atoms with van der Waals surface area (Å²) in [4.78, 5) is 0. The maximum Gasteiger partial charge on any atom is 0.134 e. The van der Waals surface area contributed by atoms with Gasteiger partial charge in [-0.25, -0.2) is 0 Å². The first kappa shape index (κ1) is 14.2. The first-order chi connectivity index (χ1) is 10.2. The van der Waals surface area contributed by atoms with E-state index in [0.717, 1.165) is 23.6 Å². The summed E-state index contributed by atoms with van der Waals surface area (Å²) >= 11 is 5.91. The molecule has 2 aromatic carbocycles. The van der Waals surface area contributed by atoms with Gasteiger partial charge in [-0.1, -0.05) is 41.9 Å². The molecule has 108 valence electrons. The van der Waals surface area contributed by atoms with Gasteiger partial charge >= 0.3 is 0 Å². The van der Waals surface area contributed by atoms with Gasteiger partial charge in [-0.3, -0.25) is 0 Å². The van der Waals surface area contributed by atoms with E-state index in [-0.39, 0.29) is 0 Å². The van der Waals surface area contributed by atoms with Crippen LogP contribution in [0, 0.1) is 0 Å². The first-order valence-electron chi connectivity index (χ1n) is 7.15. The molecule has 0 aliphatic heterocycles. The molecule has 0 saturated heterocycles. The van der Waals surface area contributed by atoms with Crippen molar-refractivity contribution in [2.75, 3.05) is 0 Å². The lowest BCUT2D eigenvalue weighted by Crippen LogP contribution is -2.27. The number of para-hydroxylation sites is 1. The van der Waals surface area contributed by atoms with Crippen LogP contribution in [0.2, 0.25) is 5.02 Å². The Hall–Kier alpha value is -1.77. The molecular formula is C18H18ClNO. The van der Waals surface area contributed by atoms with Gasteiger partial charge in [0.15, 0.2) is 0 Å². The summed E-state index contributed by atoms with van der Waals surface area (Å²) in [6.07, 6.45) is 2.82. The number of fused-ring (bicyclic) bond motifs is 1. The fourth-order valence-corrected chi connectivity index (χ4v) is 2.63. The Kier molecular flexibility index (Phi) is 4.28. The molecule has 0 fully saturated rings. The third-order valence-corrected chi connectivity index (χ3v) is 3.91. The van der Waals surface area contributed by atoms with E-state index in [4.69, 9.17) is 16.0 Å². The molecule has 0 saturated carbocycles. The number of furan rings is 1. The van der Waals surface area contributed by atoms with Crippen molar-refractivity contribution in [2.24, 2.45) is 0 Å². The Morgan fingerprint density at radius 2 is 1.86 bits per heavy atom. The van der Waals surface area contributed by atoms with Gasteiger partial charge in [-0.05, 0) is 37.1 Å². The zero-order valence-corrected chi connectivity index (χ0v) is 12.7. The fraction of sp³-hybridized carbons (Fsp3) is 0.222. The quantitative estimate of drug-likeness (QED) is 0.731. The maximum atomic E-state index is 5.91. The molecule has 1 aromatic heterocycles. The number of hydrogen-bond acceptors (Lipinski definition) is 2. The molecule has 2 nitrogen and oxygen atoms in total. The summed E-state index contributed by atoms with van der Waals surface area (Å²) in [5.41, 5.74) is 3.43. The predicted molar refractivity (Wildman–Crippen MR) is 87.7 cm³/mol. The van der Waals surface area contributed by atoms with Crippen LogP contribution in [0.25, 0.3) is 11.0 Å². The van der Waals surface area contributed by atoms with Crippen LogP contribution < -0.4 is 5.32 Å². The second kappa shape index (κ2) is 6.33. The summed E-state index contributed by atoms with van der Waals surface area (Å²) in [6.45, 7) is 3.00. The molecule has 1 unspecified atom stereocenters. The predicted octanol–water partition coefficient (Wildman–Crippen LogP) is 4.81. The summed E-state index contributed by atoms with van der Waals surface area (Å²) in [6, 6.07) is 16.5. The van der Waals surface area contributed by atoms with Crippen molar-refractivity contribution in [3.8, 4) is 0 Å². The van der Waals surface area contributed by atoms with Gasteiger partial charge in [0.2, 0.25) is 0 Å². The zero-order valence-electron chi connectivity index (χ0n) is 12.0. The van der Waals surface area contributed by atoms with Crippen molar-refractivity contribution in [2.45, 2.75) is 25.9 Å². The Bertz CT molecular complexity index is 717. The van der Waals surface area contributed by atoms with Crippen molar-refractivity contribution in [3.63, 3.8) is 0 Å². The molecule has 0 amide bonds. The summed E-state index contributed by atoms with van der Waals surface area (Å²) in [5, 5.41) is 5.51. The third-order valence-electron chi connectivity index (χ3n) is 3.66. The van der Waals surface area contributed by atoms with E-state index in [1.54, 1.807) is 0 Å². The molecule has 1 atom stereocenters. The van der Waals surface area contributed by atoms with Crippen molar-refractivity contribution < 1.29 is 4.42 Å². The topological polar surface area (TPSA) is 25.2 Å². The third kappa shape index (κ3) is 3.46. The lowest BCUT2D eigenvalue weighted by atomic mass is 10.1. The minimum Gasteiger partial charge on any atom is -0.464 e. The molecule has 0 spiro atoms. The standard InChI is InChI=1S/C18H18ClNO/c1-13(10-14-6-8-16(19)9-7-14)20-11-15-12-21-18-5-3-2-4-17(15)18/h2-9,12-13,20H,10-11H2,1H3. The van der Waals surface area contributed by atoms with Gasteiger partial charge in [0.25, 0.3) is 0 Å². The SMILES string of the molecule is CC(Cc1ccc(Cl)cc1)NCc1coc2ccccc12. The van der Waals surface area contributed by atoms with Crippen LogP contribution in [0.15, 0.2) is 59.2 Å². The molecule has 1 heterocycles. The molecule has 0 aliphatic rings. The Labute approximate surface area is 129 Å². The monoisotopic (exact) mass is 299 g/mol. The van der Waals surface area contributed by atoms with Crippen molar-refractivity contribution >= 4 is 22.6 Å². The van der Waals surface area contributed by atoms with Crippen molar-refractivity contribution in [1.82, 2.24) is 5.32 Å². The minimum atomic E-state index is 0.389. The zero-order chi connectivity index (χ0) is 14.7. The van der Waals surface area contributed by atoms with Crippen LogP contribution in [-0.4, -0.2) is 6.04 Å². The van der Waals surface area contributed by atoms with Gasteiger partial charge in [0, 0.05) is 28.6 Å². The Morgan fingerprint density at radius 3 is 2.67 bits per heavy atom. The van der Waals surface area contributed by atoms with E-state index >= 15 is 0 Å². The smallest absolute Gasteiger partial charge is 0.134 e. The lowest BCUT2D eigenvalue weighted by Gasteiger charge is -2.13. The van der Waals surface area contributed by atoms with Crippen molar-refractivity contribution in [1.29, 1.82) is 0 Å². The van der Waals surface area contributed by atoms with Crippen molar-refractivity contribution in [3.05, 3.63) is 70.9 Å². The van der Waals surface area contributed by atoms with Crippen LogP contribution >= 0.6 is 11.6 Å². The van der Waals surface area contributed by atoms with Crippen LogP contribution in [0.3, 0.4) is 0 Å². The Balaban J connectivity index is 1.60. The van der Waals surface area contributed by atoms with Gasteiger partial charge in [-0.2, -0.15) is 0 Å². The Morgan fingerprint density at radius 1 is 1.10 bits per heavy atom. The average molecular weight is 300 g/mol. The average Bonchev–Trinajstić information content (AvgIpc) is 2.91. The van der Waals surface area contributed by atoms with E-state index < -0.39 is 0 Å². The molecule has 3 aromatic rings. The lowest BCUT2D eigenvalue weighted by molar-refractivity contribution is 0.539.